The first kappa shape index (κ1) is 12.9. The summed E-state index contributed by atoms with van der Waals surface area (Å²) in [5, 5.41) is 3.65. The van der Waals surface area contributed by atoms with E-state index < -0.39 is 0 Å². The molecule has 3 heteroatoms. The Balaban J connectivity index is 1.91. The van der Waals surface area contributed by atoms with Gasteiger partial charge in [0.15, 0.2) is 0 Å². The summed E-state index contributed by atoms with van der Waals surface area (Å²) in [5.41, 5.74) is 2.54. The lowest BCUT2D eigenvalue weighted by Gasteiger charge is -2.32. The third-order valence-electron chi connectivity index (χ3n) is 3.56. The SMILES string of the molecule is CCN1CCC(Nc2ccc(Br)c(C)c2)CC1. The van der Waals surface area contributed by atoms with Crippen LogP contribution in [0.5, 0.6) is 0 Å². The highest BCUT2D eigenvalue weighted by atomic mass is 79.9. The van der Waals surface area contributed by atoms with Crippen LogP contribution in [-0.4, -0.2) is 30.6 Å². The van der Waals surface area contributed by atoms with E-state index in [0.29, 0.717) is 6.04 Å². The number of nitrogens with one attached hydrogen (secondary N) is 1. The summed E-state index contributed by atoms with van der Waals surface area (Å²) < 4.78 is 1.18. The first-order valence-corrected chi connectivity index (χ1v) is 7.23. The highest BCUT2D eigenvalue weighted by molar-refractivity contribution is 9.10. The van der Waals surface area contributed by atoms with Crippen LogP contribution in [0.4, 0.5) is 5.69 Å². The molecule has 1 N–H and O–H groups in total. The molecule has 1 aliphatic heterocycles. The molecule has 0 amide bonds. The number of benzene rings is 1. The Morgan fingerprint density at radius 1 is 1.35 bits per heavy atom. The molecule has 94 valence electrons. The normalized spacial score (nSPS) is 18.3. The molecule has 1 aromatic rings. The van der Waals surface area contributed by atoms with Gasteiger partial charge in [0.1, 0.15) is 0 Å². The minimum absolute atomic E-state index is 0.637. The molecular weight excluding hydrogens is 276 g/mol. The highest BCUT2D eigenvalue weighted by Gasteiger charge is 2.17. The number of piperidine rings is 1. The van der Waals surface area contributed by atoms with Gasteiger partial charge in [-0.3, -0.25) is 0 Å². The van der Waals surface area contributed by atoms with Gasteiger partial charge in [-0.1, -0.05) is 22.9 Å². The molecule has 0 aliphatic carbocycles. The van der Waals surface area contributed by atoms with Gasteiger partial charge < -0.3 is 10.2 Å². The van der Waals surface area contributed by atoms with Crippen LogP contribution in [0.2, 0.25) is 0 Å². The molecule has 2 rings (SSSR count). The lowest BCUT2D eigenvalue weighted by atomic mass is 10.0. The number of halogens is 1. The van der Waals surface area contributed by atoms with E-state index in [4.69, 9.17) is 0 Å². The molecule has 1 heterocycles. The van der Waals surface area contributed by atoms with Crippen LogP contribution in [0.1, 0.15) is 25.3 Å². The fourth-order valence-electron chi connectivity index (χ4n) is 2.36. The molecule has 0 spiro atoms. The van der Waals surface area contributed by atoms with Crippen molar-refractivity contribution < 1.29 is 0 Å². The highest BCUT2D eigenvalue weighted by Crippen LogP contribution is 2.22. The van der Waals surface area contributed by atoms with E-state index in [1.165, 1.54) is 48.2 Å². The van der Waals surface area contributed by atoms with Gasteiger partial charge in [0.2, 0.25) is 0 Å². The molecule has 1 aliphatic rings. The Labute approximate surface area is 113 Å². The second kappa shape index (κ2) is 5.87. The first-order valence-electron chi connectivity index (χ1n) is 6.44. The average Bonchev–Trinajstić information content (AvgIpc) is 2.35. The van der Waals surface area contributed by atoms with E-state index in [9.17, 15) is 0 Å². The summed E-state index contributed by atoms with van der Waals surface area (Å²) in [5.74, 6) is 0. The zero-order chi connectivity index (χ0) is 12.3. The lowest BCUT2D eigenvalue weighted by molar-refractivity contribution is 0.229. The van der Waals surface area contributed by atoms with Crippen molar-refractivity contribution in [3.63, 3.8) is 0 Å². The van der Waals surface area contributed by atoms with Crippen LogP contribution in [0.3, 0.4) is 0 Å². The van der Waals surface area contributed by atoms with Crippen molar-refractivity contribution in [3.05, 3.63) is 28.2 Å². The fraction of sp³-hybridized carbons (Fsp3) is 0.571. The van der Waals surface area contributed by atoms with Crippen LogP contribution in [0.15, 0.2) is 22.7 Å². The summed E-state index contributed by atoms with van der Waals surface area (Å²) in [6.07, 6.45) is 2.51. The predicted molar refractivity (Wildman–Crippen MR) is 77.6 cm³/mol. The van der Waals surface area contributed by atoms with Gasteiger partial charge in [0.05, 0.1) is 0 Å². The minimum atomic E-state index is 0.637. The van der Waals surface area contributed by atoms with Gasteiger partial charge in [-0.05, 0) is 50.1 Å². The van der Waals surface area contributed by atoms with Crippen LogP contribution in [0, 0.1) is 6.92 Å². The number of likely N-dealkylation sites (tertiary alicyclic amines) is 1. The molecular formula is C14H21BrN2. The number of hydrogen-bond donors (Lipinski definition) is 1. The van der Waals surface area contributed by atoms with Crippen LogP contribution >= 0.6 is 15.9 Å². The first-order chi connectivity index (χ1) is 8.19. The lowest BCUT2D eigenvalue weighted by Crippen LogP contribution is -2.38. The van der Waals surface area contributed by atoms with Crippen molar-refractivity contribution >= 4 is 21.6 Å². The van der Waals surface area contributed by atoms with Crippen LogP contribution < -0.4 is 5.32 Å². The maximum absolute atomic E-state index is 3.65. The quantitative estimate of drug-likeness (QED) is 0.916. The molecule has 0 bridgehead atoms. The second-order valence-electron chi connectivity index (χ2n) is 4.82. The Hall–Kier alpha value is -0.540. The maximum atomic E-state index is 3.65. The fourth-order valence-corrected chi connectivity index (χ4v) is 2.61. The van der Waals surface area contributed by atoms with Crippen molar-refractivity contribution in [3.8, 4) is 0 Å². The number of nitrogens with zero attached hydrogens (tertiary/aromatic N) is 1. The molecule has 17 heavy (non-hydrogen) atoms. The molecule has 0 saturated carbocycles. The summed E-state index contributed by atoms with van der Waals surface area (Å²) >= 11 is 3.54. The second-order valence-corrected chi connectivity index (χ2v) is 5.67. The summed E-state index contributed by atoms with van der Waals surface area (Å²) in [6.45, 7) is 8.01. The van der Waals surface area contributed by atoms with E-state index in [0.717, 1.165) is 0 Å². The number of hydrogen-bond acceptors (Lipinski definition) is 2. The third-order valence-corrected chi connectivity index (χ3v) is 4.45. The zero-order valence-corrected chi connectivity index (χ0v) is 12.3. The van der Waals surface area contributed by atoms with Gasteiger partial charge in [0.25, 0.3) is 0 Å². The van der Waals surface area contributed by atoms with Gasteiger partial charge in [-0.25, -0.2) is 0 Å². The van der Waals surface area contributed by atoms with Crippen molar-refractivity contribution in [2.24, 2.45) is 0 Å². The Kier molecular flexibility index (Phi) is 4.46. The number of anilines is 1. The summed E-state index contributed by atoms with van der Waals surface area (Å²) in [7, 11) is 0. The Bertz CT molecular complexity index is 370. The van der Waals surface area contributed by atoms with Gasteiger partial charge in [0, 0.05) is 29.3 Å². The maximum Gasteiger partial charge on any atom is 0.0345 e. The molecule has 1 fully saturated rings. The predicted octanol–water partition coefficient (Wildman–Crippen LogP) is 3.65. The Morgan fingerprint density at radius 3 is 2.65 bits per heavy atom. The zero-order valence-electron chi connectivity index (χ0n) is 10.7. The van der Waals surface area contributed by atoms with Crippen LogP contribution in [-0.2, 0) is 0 Å². The molecule has 1 aromatic carbocycles. The van der Waals surface area contributed by atoms with Crippen molar-refractivity contribution in [2.75, 3.05) is 25.0 Å². The summed E-state index contributed by atoms with van der Waals surface area (Å²) in [4.78, 5) is 2.52. The summed E-state index contributed by atoms with van der Waals surface area (Å²) in [6, 6.07) is 7.14. The van der Waals surface area contributed by atoms with Gasteiger partial charge >= 0.3 is 0 Å². The monoisotopic (exact) mass is 296 g/mol. The van der Waals surface area contributed by atoms with Gasteiger partial charge in [-0.15, -0.1) is 0 Å². The third kappa shape index (κ3) is 3.46. The Morgan fingerprint density at radius 2 is 2.06 bits per heavy atom. The standard InChI is InChI=1S/C14H21BrN2/c1-3-17-8-6-12(7-9-17)16-13-4-5-14(15)11(2)10-13/h4-5,10,12,16H,3,6-9H2,1-2H3. The average molecular weight is 297 g/mol. The number of rotatable bonds is 3. The van der Waals surface area contributed by atoms with E-state index in [1.54, 1.807) is 0 Å². The van der Waals surface area contributed by atoms with Crippen molar-refractivity contribution in [1.29, 1.82) is 0 Å². The largest absolute Gasteiger partial charge is 0.382 e. The molecule has 0 radical (unpaired) electrons. The van der Waals surface area contributed by atoms with E-state index >= 15 is 0 Å². The van der Waals surface area contributed by atoms with E-state index in [2.05, 4.69) is 58.2 Å². The smallest absolute Gasteiger partial charge is 0.0345 e. The van der Waals surface area contributed by atoms with Crippen molar-refractivity contribution in [1.82, 2.24) is 4.90 Å². The molecule has 0 aromatic heterocycles. The molecule has 0 atom stereocenters. The number of aryl methyl sites for hydroxylation is 1. The van der Waals surface area contributed by atoms with E-state index in [-0.39, 0.29) is 0 Å². The molecule has 0 unspecified atom stereocenters. The van der Waals surface area contributed by atoms with Gasteiger partial charge in [-0.2, -0.15) is 0 Å². The van der Waals surface area contributed by atoms with Crippen molar-refractivity contribution in [2.45, 2.75) is 32.7 Å². The van der Waals surface area contributed by atoms with Crippen LogP contribution in [0.25, 0.3) is 0 Å². The topological polar surface area (TPSA) is 15.3 Å². The minimum Gasteiger partial charge on any atom is -0.382 e. The molecule has 1 saturated heterocycles. The molecule has 2 nitrogen and oxygen atoms in total. The van der Waals surface area contributed by atoms with E-state index in [1.807, 2.05) is 0 Å².